The van der Waals surface area contributed by atoms with Crippen LogP contribution in [0.3, 0.4) is 0 Å². The van der Waals surface area contributed by atoms with E-state index in [4.69, 9.17) is 18.9 Å². The highest BCUT2D eigenvalue weighted by molar-refractivity contribution is 5.85. The molecule has 188 valence electrons. The molecule has 0 saturated heterocycles. The van der Waals surface area contributed by atoms with Gasteiger partial charge in [-0.05, 0) is 49.7 Å². The number of benzene rings is 3. The van der Waals surface area contributed by atoms with Crippen LogP contribution in [0.4, 0.5) is 5.95 Å². The van der Waals surface area contributed by atoms with Crippen LogP contribution in [0.1, 0.15) is 41.3 Å². The van der Waals surface area contributed by atoms with Gasteiger partial charge in [-0.15, -0.1) is 0 Å². The summed E-state index contributed by atoms with van der Waals surface area (Å²) >= 11 is 0. The van der Waals surface area contributed by atoms with E-state index in [9.17, 15) is 0 Å². The number of anilines is 1. The van der Waals surface area contributed by atoms with E-state index in [1.807, 2.05) is 60.1 Å². The largest absolute Gasteiger partial charge is 0.496 e. The second-order valence-electron chi connectivity index (χ2n) is 8.97. The number of rotatable bonds is 6. The van der Waals surface area contributed by atoms with Crippen LogP contribution in [0.15, 0.2) is 72.6 Å². The topological polar surface area (TPSA) is 79.7 Å². The Morgan fingerprint density at radius 1 is 0.973 bits per heavy atom. The van der Waals surface area contributed by atoms with Gasteiger partial charge in [0.25, 0.3) is 0 Å². The highest BCUT2D eigenvalue weighted by atomic mass is 16.5. The second kappa shape index (κ2) is 9.20. The maximum absolute atomic E-state index is 6.75. The number of ether oxygens (including phenoxy) is 4. The van der Waals surface area contributed by atoms with Gasteiger partial charge in [0.05, 0.1) is 26.5 Å². The highest BCUT2D eigenvalue weighted by Gasteiger charge is 2.42. The van der Waals surface area contributed by atoms with Crippen molar-refractivity contribution < 1.29 is 18.9 Å². The Morgan fingerprint density at radius 3 is 2.62 bits per heavy atom. The molecule has 6 rings (SSSR count). The molecule has 0 radical (unpaired) electrons. The minimum absolute atomic E-state index is 0.318. The van der Waals surface area contributed by atoms with Crippen LogP contribution in [-0.2, 0) is 0 Å². The summed E-state index contributed by atoms with van der Waals surface area (Å²) in [6.45, 7) is 4.58. The Morgan fingerprint density at radius 2 is 1.81 bits per heavy atom. The van der Waals surface area contributed by atoms with Crippen molar-refractivity contribution in [2.24, 2.45) is 0 Å². The van der Waals surface area contributed by atoms with Gasteiger partial charge in [0.2, 0.25) is 5.95 Å². The second-order valence-corrected chi connectivity index (χ2v) is 8.97. The first-order valence-electron chi connectivity index (χ1n) is 12.2. The fourth-order valence-electron chi connectivity index (χ4n) is 5.17. The summed E-state index contributed by atoms with van der Waals surface area (Å²) in [5, 5.41) is 8.17. The molecule has 37 heavy (non-hydrogen) atoms. The molecule has 4 aromatic rings. The smallest absolute Gasteiger partial charge is 0.226 e. The van der Waals surface area contributed by atoms with Gasteiger partial charge in [0, 0.05) is 16.7 Å². The van der Waals surface area contributed by atoms with Gasteiger partial charge < -0.3 is 24.3 Å². The van der Waals surface area contributed by atoms with Gasteiger partial charge in [0.1, 0.15) is 23.9 Å². The van der Waals surface area contributed by atoms with E-state index in [2.05, 4.69) is 34.5 Å². The Kier molecular flexibility index (Phi) is 5.71. The summed E-state index contributed by atoms with van der Waals surface area (Å²) in [7, 11) is 3.33. The Bertz CT molecular complexity index is 1510. The number of methoxy groups -OCH3 is 2. The average Bonchev–Trinajstić information content (AvgIpc) is 3.40. The summed E-state index contributed by atoms with van der Waals surface area (Å²) in [6, 6.07) is 19.8. The van der Waals surface area contributed by atoms with Gasteiger partial charge in [-0.1, -0.05) is 35.9 Å². The van der Waals surface area contributed by atoms with Gasteiger partial charge >= 0.3 is 0 Å². The number of hydrogen-bond donors (Lipinski definition) is 1. The number of nitrogens with zero attached hydrogens (tertiary/aromatic N) is 3. The molecule has 0 aliphatic carbocycles. The predicted molar refractivity (Wildman–Crippen MR) is 140 cm³/mol. The first kappa shape index (κ1) is 23.0. The Labute approximate surface area is 215 Å². The molecule has 3 aromatic carbocycles. The molecule has 0 unspecified atom stereocenters. The van der Waals surface area contributed by atoms with E-state index in [1.165, 1.54) is 0 Å². The van der Waals surface area contributed by atoms with Crippen molar-refractivity contribution in [1.82, 2.24) is 14.8 Å². The molecule has 0 spiro atoms. The number of hydrogen-bond acceptors (Lipinski definition) is 7. The van der Waals surface area contributed by atoms with Crippen molar-refractivity contribution in [3.63, 3.8) is 0 Å². The third-order valence-electron chi connectivity index (χ3n) is 6.79. The van der Waals surface area contributed by atoms with Crippen LogP contribution in [0.5, 0.6) is 23.0 Å². The molecule has 0 bridgehead atoms. The van der Waals surface area contributed by atoms with Crippen molar-refractivity contribution in [3.8, 4) is 23.0 Å². The first-order valence-corrected chi connectivity index (χ1v) is 12.2. The van der Waals surface area contributed by atoms with E-state index < -0.39 is 6.10 Å². The SMILES string of the molecule is CCOc1ccc([C@H]2C3=C(Nc4ncnn42)c2cc(C)ccc2O[C@@H]3c2ccccc2OC)cc1OC. The summed E-state index contributed by atoms with van der Waals surface area (Å²) in [5.74, 6) is 3.55. The van der Waals surface area contributed by atoms with Crippen molar-refractivity contribution in [1.29, 1.82) is 0 Å². The van der Waals surface area contributed by atoms with Crippen LogP contribution < -0.4 is 24.3 Å². The summed E-state index contributed by atoms with van der Waals surface area (Å²) in [5.41, 5.74) is 5.99. The first-order chi connectivity index (χ1) is 18.1. The quantitative estimate of drug-likeness (QED) is 0.374. The third kappa shape index (κ3) is 3.76. The summed E-state index contributed by atoms with van der Waals surface area (Å²) < 4.78 is 25.9. The molecule has 2 aliphatic heterocycles. The molecule has 2 aliphatic rings. The summed E-state index contributed by atoms with van der Waals surface area (Å²) in [4.78, 5) is 4.53. The van der Waals surface area contributed by atoms with Gasteiger partial charge in [-0.25, -0.2) is 4.68 Å². The van der Waals surface area contributed by atoms with Crippen LogP contribution in [0.25, 0.3) is 5.70 Å². The number of nitrogens with one attached hydrogen (secondary N) is 1. The number of aryl methyl sites for hydroxylation is 1. The summed E-state index contributed by atoms with van der Waals surface area (Å²) in [6.07, 6.45) is 1.13. The molecule has 0 saturated carbocycles. The molecule has 2 atom stereocenters. The highest BCUT2D eigenvalue weighted by Crippen LogP contribution is 2.52. The predicted octanol–water partition coefficient (Wildman–Crippen LogP) is 5.56. The van der Waals surface area contributed by atoms with E-state index in [1.54, 1.807) is 20.5 Å². The zero-order valence-electron chi connectivity index (χ0n) is 21.2. The van der Waals surface area contributed by atoms with Gasteiger partial charge in [-0.3, -0.25) is 0 Å². The normalized spacial score (nSPS) is 17.6. The lowest BCUT2D eigenvalue weighted by atomic mass is 9.84. The van der Waals surface area contributed by atoms with E-state index in [-0.39, 0.29) is 6.04 Å². The molecule has 0 amide bonds. The molecule has 1 aromatic heterocycles. The fraction of sp³-hybridized carbons (Fsp3) is 0.241. The molecule has 1 N–H and O–H groups in total. The standard InChI is InChI=1S/C29H28N4O4/c1-5-36-23-13-11-18(15-24(23)35-4)27-25-26(32-29-30-16-31-33(27)29)20-14-17(2)10-12-22(20)37-28(25)19-8-6-7-9-21(19)34-3/h6-16,27-28H,5H2,1-4H3,(H,30,31,32)/t27-,28+/m0/s1. The molecular formula is C29H28N4O4. The lowest BCUT2D eigenvalue weighted by Gasteiger charge is -2.39. The van der Waals surface area contributed by atoms with Crippen LogP contribution in [-0.4, -0.2) is 35.6 Å². The van der Waals surface area contributed by atoms with Crippen molar-refractivity contribution >= 4 is 11.6 Å². The monoisotopic (exact) mass is 496 g/mol. The molecule has 8 nitrogen and oxygen atoms in total. The average molecular weight is 497 g/mol. The van der Waals surface area contributed by atoms with Crippen LogP contribution >= 0.6 is 0 Å². The molecule has 3 heterocycles. The third-order valence-corrected chi connectivity index (χ3v) is 6.79. The Balaban J connectivity index is 1.62. The number of fused-ring (bicyclic) bond motifs is 3. The van der Waals surface area contributed by atoms with Crippen LogP contribution in [0.2, 0.25) is 0 Å². The maximum Gasteiger partial charge on any atom is 0.226 e. The van der Waals surface area contributed by atoms with E-state index >= 15 is 0 Å². The molecule has 8 heteroatoms. The van der Waals surface area contributed by atoms with Crippen LogP contribution in [0, 0.1) is 6.92 Å². The van der Waals surface area contributed by atoms with E-state index in [0.717, 1.165) is 45.0 Å². The molecule has 0 fully saturated rings. The zero-order chi connectivity index (χ0) is 25.5. The minimum Gasteiger partial charge on any atom is -0.496 e. The number of aromatic nitrogens is 3. The van der Waals surface area contributed by atoms with Crippen molar-refractivity contribution in [2.45, 2.75) is 26.0 Å². The fourth-order valence-corrected chi connectivity index (χ4v) is 5.17. The minimum atomic E-state index is -0.436. The maximum atomic E-state index is 6.75. The number of para-hydroxylation sites is 1. The van der Waals surface area contributed by atoms with E-state index in [0.29, 0.717) is 24.1 Å². The van der Waals surface area contributed by atoms with Gasteiger partial charge in [-0.2, -0.15) is 10.1 Å². The van der Waals surface area contributed by atoms with Crippen molar-refractivity contribution in [2.75, 3.05) is 26.1 Å². The zero-order valence-corrected chi connectivity index (χ0v) is 21.2. The molecular weight excluding hydrogens is 468 g/mol. The Hall–Kier alpha value is -4.46. The lowest BCUT2D eigenvalue weighted by Crippen LogP contribution is -2.32. The lowest BCUT2D eigenvalue weighted by molar-refractivity contribution is 0.217. The van der Waals surface area contributed by atoms with Gasteiger partial charge in [0.15, 0.2) is 17.6 Å². The van der Waals surface area contributed by atoms with Crippen molar-refractivity contribution in [3.05, 3.63) is 94.8 Å².